The van der Waals surface area contributed by atoms with Crippen molar-refractivity contribution in [3.63, 3.8) is 0 Å². The van der Waals surface area contributed by atoms with Gasteiger partial charge in [-0.1, -0.05) is 0 Å². The summed E-state index contributed by atoms with van der Waals surface area (Å²) >= 11 is 0. The Hall–Kier alpha value is 0.215. The third kappa shape index (κ3) is 8.88. The molecule has 1 N–H and O–H groups in total. The van der Waals surface area contributed by atoms with Crippen molar-refractivity contribution >= 4 is 16.7 Å². The van der Waals surface area contributed by atoms with Gasteiger partial charge in [0, 0.05) is 7.11 Å². The molecular weight excluding hydrogens is 102 g/mol. The number of hydrogen-bond donors (Lipinski definition) is 1. The minimum Gasteiger partial charge on any atom is -0.326 e. The van der Waals surface area contributed by atoms with Gasteiger partial charge in [-0.3, -0.25) is 4.57 Å². The molecule has 1 atom stereocenters. The van der Waals surface area contributed by atoms with Gasteiger partial charge in [-0.05, 0) is 0 Å². The monoisotopic (exact) mass is 110 g/mol. The Labute approximate surface area is 38.8 Å². The molecule has 0 saturated carbocycles. The largest absolute Gasteiger partial charge is 0.326 e. The quantitative estimate of drug-likeness (QED) is 0.341. The maximum absolute atomic E-state index is 9.33. The highest BCUT2D eigenvalue weighted by Crippen LogP contribution is 2.09. The second-order valence-corrected chi connectivity index (χ2v) is 1.41. The number of rotatable bonds is 1. The summed E-state index contributed by atoms with van der Waals surface area (Å²) in [6.45, 7) is 0. The second kappa shape index (κ2) is 5.21. The molecular formula is CH8BO3P. The minimum atomic E-state index is -2.62. The molecule has 0 aliphatic rings. The van der Waals surface area contributed by atoms with E-state index < -0.39 is 8.25 Å². The fourth-order valence-electron chi connectivity index (χ4n) is 0. The first-order valence-electron chi connectivity index (χ1n) is 1.04. The van der Waals surface area contributed by atoms with Crippen LogP contribution in [0.1, 0.15) is 0 Å². The first kappa shape index (κ1) is 9.51. The molecule has 0 aromatic heterocycles. The van der Waals surface area contributed by atoms with E-state index in [1.54, 1.807) is 0 Å². The molecule has 0 aliphatic heterocycles. The molecule has 0 fully saturated rings. The highest BCUT2D eigenvalue weighted by atomic mass is 31.1. The van der Waals surface area contributed by atoms with Gasteiger partial charge in [-0.2, -0.15) is 0 Å². The third-order valence-corrected chi connectivity index (χ3v) is 0.524. The Balaban J connectivity index is 0. The predicted octanol–water partition coefficient (Wildman–Crippen LogP) is -1.17. The van der Waals surface area contributed by atoms with Crippen molar-refractivity contribution in [2.24, 2.45) is 0 Å². The van der Waals surface area contributed by atoms with Crippen LogP contribution in [0, 0.1) is 0 Å². The second-order valence-electron chi connectivity index (χ2n) is 0.470. The van der Waals surface area contributed by atoms with E-state index in [4.69, 9.17) is 4.89 Å². The van der Waals surface area contributed by atoms with E-state index in [1.807, 2.05) is 0 Å². The molecule has 6 heavy (non-hydrogen) atoms. The van der Waals surface area contributed by atoms with Crippen LogP contribution in [0.15, 0.2) is 0 Å². The zero-order chi connectivity index (χ0) is 4.28. The van der Waals surface area contributed by atoms with Crippen LogP contribution in [0.3, 0.4) is 0 Å². The first-order chi connectivity index (χ1) is 2.27. The third-order valence-electron chi connectivity index (χ3n) is 0.175. The van der Waals surface area contributed by atoms with Crippen LogP contribution in [-0.2, 0) is 9.09 Å². The van der Waals surface area contributed by atoms with Crippen LogP contribution in [0.2, 0.25) is 0 Å². The SMILES string of the molecule is B.CO[PH](=O)O. The lowest BCUT2D eigenvalue weighted by Crippen LogP contribution is -1.57. The number of hydrogen-bond acceptors (Lipinski definition) is 2. The normalized spacial score (nSPS) is 12.3. The van der Waals surface area contributed by atoms with Crippen LogP contribution in [0.25, 0.3) is 0 Å². The fraction of sp³-hybridized carbons (Fsp3) is 1.00. The van der Waals surface area contributed by atoms with Crippen LogP contribution >= 0.6 is 8.25 Å². The molecule has 0 aliphatic carbocycles. The maximum atomic E-state index is 9.33. The van der Waals surface area contributed by atoms with Crippen LogP contribution in [0.5, 0.6) is 0 Å². The zero-order valence-electron chi connectivity index (χ0n) is 2.76. The van der Waals surface area contributed by atoms with Gasteiger partial charge in [0.2, 0.25) is 0 Å². The zero-order valence-corrected chi connectivity index (χ0v) is 3.76. The molecule has 1 unspecified atom stereocenters. The van der Waals surface area contributed by atoms with Gasteiger partial charge < -0.3 is 9.42 Å². The lowest BCUT2D eigenvalue weighted by atomic mass is 10.8. The molecule has 0 heterocycles. The van der Waals surface area contributed by atoms with E-state index in [9.17, 15) is 4.57 Å². The van der Waals surface area contributed by atoms with Crippen molar-refractivity contribution in [2.75, 3.05) is 7.11 Å². The van der Waals surface area contributed by atoms with Gasteiger partial charge in [0.25, 0.3) is 0 Å². The smallest absolute Gasteiger partial charge is 0.316 e. The van der Waals surface area contributed by atoms with Gasteiger partial charge in [-0.15, -0.1) is 0 Å². The molecule has 0 amide bonds. The van der Waals surface area contributed by atoms with Crippen molar-refractivity contribution in [3.05, 3.63) is 0 Å². The van der Waals surface area contributed by atoms with Crippen LogP contribution in [-0.4, -0.2) is 20.4 Å². The lowest BCUT2D eigenvalue weighted by molar-refractivity contribution is 0.343. The van der Waals surface area contributed by atoms with E-state index in [1.165, 1.54) is 7.11 Å². The van der Waals surface area contributed by atoms with Gasteiger partial charge in [0.05, 0.1) is 8.41 Å². The Morgan fingerprint density at radius 3 is 2.00 bits per heavy atom. The predicted molar refractivity (Wildman–Crippen MR) is 28.2 cm³/mol. The van der Waals surface area contributed by atoms with Crippen molar-refractivity contribution in [1.82, 2.24) is 0 Å². The molecule has 0 aromatic rings. The van der Waals surface area contributed by atoms with E-state index in [2.05, 4.69) is 4.52 Å². The molecule has 3 nitrogen and oxygen atoms in total. The summed E-state index contributed by atoms with van der Waals surface area (Å²) in [5.41, 5.74) is 0. The van der Waals surface area contributed by atoms with Crippen LogP contribution in [0.4, 0.5) is 0 Å². The summed E-state index contributed by atoms with van der Waals surface area (Å²) < 4.78 is 13.2. The average molecular weight is 110 g/mol. The van der Waals surface area contributed by atoms with Crippen molar-refractivity contribution in [2.45, 2.75) is 0 Å². The van der Waals surface area contributed by atoms with Gasteiger partial charge >= 0.3 is 8.25 Å². The highest BCUT2D eigenvalue weighted by Gasteiger charge is 1.74. The lowest BCUT2D eigenvalue weighted by Gasteiger charge is -1.78. The molecule has 0 bridgehead atoms. The van der Waals surface area contributed by atoms with Crippen molar-refractivity contribution in [1.29, 1.82) is 0 Å². The summed E-state index contributed by atoms with van der Waals surface area (Å²) in [6.07, 6.45) is 0. The van der Waals surface area contributed by atoms with Crippen molar-refractivity contribution < 1.29 is 14.0 Å². The molecule has 0 saturated heterocycles. The van der Waals surface area contributed by atoms with E-state index >= 15 is 0 Å². The Morgan fingerprint density at radius 2 is 2.00 bits per heavy atom. The fourth-order valence-corrected chi connectivity index (χ4v) is 0. The standard InChI is InChI=1S/CH5O3P.BH3/c1-4-5(2)3;/h5H,1H3,(H,2,3);1H3. The summed E-state index contributed by atoms with van der Waals surface area (Å²) in [5, 5.41) is 0. The Bertz CT molecular complexity index is 46.1. The summed E-state index contributed by atoms with van der Waals surface area (Å²) in [7, 11) is -1.44. The van der Waals surface area contributed by atoms with E-state index in [0.29, 0.717) is 0 Å². The van der Waals surface area contributed by atoms with Gasteiger partial charge in [-0.25, -0.2) is 0 Å². The van der Waals surface area contributed by atoms with E-state index in [0.717, 1.165) is 0 Å². The molecule has 0 rings (SSSR count). The molecule has 38 valence electrons. The average Bonchev–Trinajstić information content (AvgIpc) is 1.38. The van der Waals surface area contributed by atoms with E-state index in [-0.39, 0.29) is 8.41 Å². The Morgan fingerprint density at radius 1 is 1.83 bits per heavy atom. The first-order valence-corrected chi connectivity index (χ1v) is 2.30. The van der Waals surface area contributed by atoms with Gasteiger partial charge in [0.15, 0.2) is 0 Å². The molecule has 0 radical (unpaired) electrons. The summed E-state index contributed by atoms with van der Waals surface area (Å²) in [6, 6.07) is 0. The van der Waals surface area contributed by atoms with Gasteiger partial charge in [0.1, 0.15) is 0 Å². The summed E-state index contributed by atoms with van der Waals surface area (Å²) in [5.74, 6) is 0. The van der Waals surface area contributed by atoms with Crippen molar-refractivity contribution in [3.8, 4) is 0 Å². The summed E-state index contributed by atoms with van der Waals surface area (Å²) in [4.78, 5) is 7.69. The topological polar surface area (TPSA) is 46.5 Å². The molecule has 0 aromatic carbocycles. The molecule has 0 spiro atoms. The Kier molecular flexibility index (Phi) is 8.27. The highest BCUT2D eigenvalue weighted by molar-refractivity contribution is 7.32. The maximum Gasteiger partial charge on any atom is 0.316 e. The van der Waals surface area contributed by atoms with Crippen LogP contribution < -0.4 is 0 Å². The minimum absolute atomic E-state index is 0. The molecule has 5 heteroatoms.